The van der Waals surface area contributed by atoms with Gasteiger partial charge in [-0.25, -0.2) is 0 Å². The molecule has 0 aliphatic heterocycles. The summed E-state index contributed by atoms with van der Waals surface area (Å²) in [5, 5.41) is 5.82. The molecule has 1 aromatic rings. The van der Waals surface area contributed by atoms with Crippen molar-refractivity contribution in [3.8, 4) is 11.5 Å². The van der Waals surface area contributed by atoms with Gasteiger partial charge in [0.25, 0.3) is 0 Å². The Morgan fingerprint density at radius 2 is 1.54 bits per heavy atom. The number of benzene rings is 1. The number of hydrogen-bond donors (Lipinski definition) is 2. The van der Waals surface area contributed by atoms with E-state index in [1.807, 2.05) is 13.8 Å². The molecule has 0 bridgehead atoms. The van der Waals surface area contributed by atoms with Gasteiger partial charge in [-0.15, -0.1) is 0 Å². The highest BCUT2D eigenvalue weighted by molar-refractivity contribution is 5.97. The maximum Gasteiger partial charge on any atom is 0.227 e. The van der Waals surface area contributed by atoms with Crippen LogP contribution in [0.5, 0.6) is 11.5 Å². The second-order valence-corrected chi connectivity index (χ2v) is 7.22. The van der Waals surface area contributed by atoms with Crippen molar-refractivity contribution in [3.05, 3.63) is 12.1 Å². The zero-order valence-corrected chi connectivity index (χ0v) is 16.2. The van der Waals surface area contributed by atoms with Crippen molar-refractivity contribution in [2.75, 3.05) is 24.9 Å². The highest BCUT2D eigenvalue weighted by Crippen LogP contribution is 2.37. The molecular formula is C20H30N2O4. The predicted octanol–water partition coefficient (Wildman–Crippen LogP) is 4.21. The van der Waals surface area contributed by atoms with Gasteiger partial charge < -0.3 is 20.1 Å². The standard InChI is InChI=1S/C20H30N2O4/c1-13(2)10-19(23)21-15-11-18(26-4)16(12-17(15)25-3)22-20(24)14-8-6-5-7-9-14/h11-14H,5-10H2,1-4H3,(H,21,23)(H,22,24). The Hall–Kier alpha value is -2.24. The molecule has 144 valence electrons. The number of rotatable bonds is 7. The average Bonchev–Trinajstić information content (AvgIpc) is 2.62. The van der Waals surface area contributed by atoms with Gasteiger partial charge >= 0.3 is 0 Å². The molecule has 0 heterocycles. The molecule has 2 amide bonds. The largest absolute Gasteiger partial charge is 0.494 e. The molecule has 26 heavy (non-hydrogen) atoms. The lowest BCUT2D eigenvalue weighted by Crippen LogP contribution is -2.25. The number of carbonyl (C=O) groups excluding carboxylic acids is 2. The molecule has 0 spiro atoms. The lowest BCUT2D eigenvalue weighted by atomic mass is 9.88. The fourth-order valence-electron chi connectivity index (χ4n) is 3.26. The number of carbonyl (C=O) groups is 2. The van der Waals surface area contributed by atoms with Crippen molar-refractivity contribution < 1.29 is 19.1 Å². The minimum Gasteiger partial charge on any atom is -0.494 e. The molecule has 6 heteroatoms. The van der Waals surface area contributed by atoms with E-state index in [4.69, 9.17) is 9.47 Å². The van der Waals surface area contributed by atoms with Gasteiger partial charge in [0, 0.05) is 24.5 Å². The Bertz CT molecular complexity index is 637. The van der Waals surface area contributed by atoms with Crippen LogP contribution in [0, 0.1) is 11.8 Å². The monoisotopic (exact) mass is 362 g/mol. The summed E-state index contributed by atoms with van der Waals surface area (Å²) in [6, 6.07) is 3.39. The molecule has 1 aromatic carbocycles. The summed E-state index contributed by atoms with van der Waals surface area (Å²) in [6.45, 7) is 3.97. The molecule has 1 aliphatic carbocycles. The molecule has 1 aliphatic rings. The van der Waals surface area contributed by atoms with Crippen LogP contribution in [0.3, 0.4) is 0 Å². The lowest BCUT2D eigenvalue weighted by molar-refractivity contribution is -0.120. The molecule has 6 nitrogen and oxygen atoms in total. The second kappa shape index (κ2) is 9.46. The Kier molecular flexibility index (Phi) is 7.30. The molecule has 2 N–H and O–H groups in total. The fraction of sp³-hybridized carbons (Fsp3) is 0.600. The molecule has 0 saturated heterocycles. The predicted molar refractivity (Wildman–Crippen MR) is 103 cm³/mol. The molecule has 0 radical (unpaired) electrons. The third-order valence-corrected chi connectivity index (χ3v) is 4.62. The first kappa shape index (κ1) is 20.1. The van der Waals surface area contributed by atoms with Gasteiger partial charge in [-0.05, 0) is 18.8 Å². The maximum absolute atomic E-state index is 12.5. The van der Waals surface area contributed by atoms with Crippen LogP contribution in [0.2, 0.25) is 0 Å². The van der Waals surface area contributed by atoms with Crippen LogP contribution in [0.25, 0.3) is 0 Å². The van der Waals surface area contributed by atoms with Crippen molar-refractivity contribution in [2.24, 2.45) is 11.8 Å². The van der Waals surface area contributed by atoms with E-state index in [-0.39, 0.29) is 23.7 Å². The van der Waals surface area contributed by atoms with Gasteiger partial charge in [0.2, 0.25) is 11.8 Å². The van der Waals surface area contributed by atoms with E-state index in [1.54, 1.807) is 12.1 Å². The number of hydrogen-bond acceptors (Lipinski definition) is 4. The second-order valence-electron chi connectivity index (χ2n) is 7.22. The van der Waals surface area contributed by atoms with E-state index in [0.29, 0.717) is 29.3 Å². The summed E-state index contributed by atoms with van der Waals surface area (Å²) in [6.07, 6.45) is 5.67. The lowest BCUT2D eigenvalue weighted by Gasteiger charge is -2.22. The number of methoxy groups -OCH3 is 2. The Morgan fingerprint density at radius 3 is 2.04 bits per heavy atom. The van der Waals surface area contributed by atoms with Crippen molar-refractivity contribution in [1.82, 2.24) is 0 Å². The molecule has 0 atom stereocenters. The summed E-state index contributed by atoms with van der Waals surface area (Å²) in [4.78, 5) is 24.6. The van der Waals surface area contributed by atoms with Gasteiger partial charge in [-0.3, -0.25) is 9.59 Å². The fourth-order valence-corrected chi connectivity index (χ4v) is 3.26. The number of ether oxygens (including phenoxy) is 2. The van der Waals surface area contributed by atoms with Gasteiger partial charge in [0.15, 0.2) is 0 Å². The smallest absolute Gasteiger partial charge is 0.227 e. The SMILES string of the molecule is COc1cc(NC(=O)C2CCCCC2)c(OC)cc1NC(=O)CC(C)C. The normalized spacial score (nSPS) is 14.8. The topological polar surface area (TPSA) is 76.7 Å². The average molecular weight is 362 g/mol. The number of amides is 2. The molecule has 1 fully saturated rings. The Labute approximate surface area is 155 Å². The minimum absolute atomic E-state index is 0.0154. The van der Waals surface area contributed by atoms with E-state index in [9.17, 15) is 9.59 Å². The van der Waals surface area contributed by atoms with Crippen LogP contribution in [0.4, 0.5) is 11.4 Å². The van der Waals surface area contributed by atoms with Gasteiger partial charge in [-0.2, -0.15) is 0 Å². The molecular weight excluding hydrogens is 332 g/mol. The maximum atomic E-state index is 12.5. The van der Waals surface area contributed by atoms with Gasteiger partial charge in [0.1, 0.15) is 11.5 Å². The first-order valence-electron chi connectivity index (χ1n) is 9.31. The summed E-state index contributed by atoms with van der Waals surface area (Å²) < 4.78 is 10.8. The third-order valence-electron chi connectivity index (χ3n) is 4.62. The van der Waals surface area contributed by atoms with Crippen LogP contribution < -0.4 is 20.1 Å². The summed E-state index contributed by atoms with van der Waals surface area (Å²) in [5.74, 6) is 1.22. The summed E-state index contributed by atoms with van der Waals surface area (Å²) in [7, 11) is 3.07. The van der Waals surface area contributed by atoms with Crippen molar-refractivity contribution in [1.29, 1.82) is 0 Å². The Balaban J connectivity index is 2.18. The zero-order valence-electron chi connectivity index (χ0n) is 16.2. The van der Waals surface area contributed by atoms with E-state index in [2.05, 4.69) is 10.6 Å². The van der Waals surface area contributed by atoms with Crippen LogP contribution in [-0.2, 0) is 9.59 Å². The summed E-state index contributed by atoms with van der Waals surface area (Å²) >= 11 is 0. The van der Waals surface area contributed by atoms with E-state index >= 15 is 0 Å². The van der Waals surface area contributed by atoms with Crippen molar-refractivity contribution >= 4 is 23.2 Å². The van der Waals surface area contributed by atoms with Crippen LogP contribution >= 0.6 is 0 Å². The number of anilines is 2. The van der Waals surface area contributed by atoms with Gasteiger partial charge in [0.05, 0.1) is 25.6 Å². The third kappa shape index (κ3) is 5.38. The first-order chi connectivity index (χ1) is 12.4. The van der Waals surface area contributed by atoms with E-state index in [1.165, 1.54) is 20.6 Å². The van der Waals surface area contributed by atoms with Crippen LogP contribution in [0.15, 0.2) is 12.1 Å². The quantitative estimate of drug-likeness (QED) is 0.762. The highest BCUT2D eigenvalue weighted by atomic mass is 16.5. The van der Waals surface area contributed by atoms with Crippen LogP contribution in [0.1, 0.15) is 52.4 Å². The molecule has 2 rings (SSSR count). The molecule has 0 aromatic heterocycles. The van der Waals surface area contributed by atoms with E-state index in [0.717, 1.165) is 25.7 Å². The first-order valence-corrected chi connectivity index (χ1v) is 9.31. The zero-order chi connectivity index (χ0) is 19.1. The van der Waals surface area contributed by atoms with Crippen LogP contribution in [-0.4, -0.2) is 26.0 Å². The van der Waals surface area contributed by atoms with Gasteiger partial charge in [-0.1, -0.05) is 33.1 Å². The van der Waals surface area contributed by atoms with Crippen molar-refractivity contribution in [3.63, 3.8) is 0 Å². The number of nitrogens with one attached hydrogen (secondary N) is 2. The molecule has 1 saturated carbocycles. The van der Waals surface area contributed by atoms with E-state index < -0.39 is 0 Å². The Morgan fingerprint density at radius 1 is 1.00 bits per heavy atom. The van der Waals surface area contributed by atoms with Crippen molar-refractivity contribution in [2.45, 2.75) is 52.4 Å². The molecule has 0 unspecified atom stereocenters. The minimum atomic E-state index is -0.0839. The highest BCUT2D eigenvalue weighted by Gasteiger charge is 2.23. The summed E-state index contributed by atoms with van der Waals surface area (Å²) in [5.41, 5.74) is 1.09.